The van der Waals surface area contributed by atoms with E-state index < -0.39 is 24.3 Å². The maximum absolute atomic E-state index is 14.7. The van der Waals surface area contributed by atoms with E-state index >= 15 is 0 Å². The summed E-state index contributed by atoms with van der Waals surface area (Å²) in [5.74, 6) is -1.92. The highest BCUT2D eigenvalue weighted by molar-refractivity contribution is 6.08. The van der Waals surface area contributed by atoms with E-state index in [1.54, 1.807) is 4.90 Å². The molecule has 39 heavy (non-hydrogen) atoms. The van der Waals surface area contributed by atoms with Crippen LogP contribution in [0.1, 0.15) is 43.0 Å². The largest absolute Gasteiger partial charge is 0.492 e. The number of carbonyl (C=O) groups is 2. The van der Waals surface area contributed by atoms with Gasteiger partial charge in [-0.2, -0.15) is 8.78 Å². The van der Waals surface area contributed by atoms with Crippen molar-refractivity contribution < 1.29 is 37.3 Å². The number of aromatic amines is 1. The molecular weight excluding hydrogens is 519 g/mol. The van der Waals surface area contributed by atoms with E-state index in [1.165, 1.54) is 19.4 Å². The predicted molar refractivity (Wildman–Crippen MR) is 133 cm³/mol. The van der Waals surface area contributed by atoms with Crippen LogP contribution in [0.2, 0.25) is 0 Å². The van der Waals surface area contributed by atoms with Crippen molar-refractivity contribution in [1.29, 1.82) is 0 Å². The van der Waals surface area contributed by atoms with Crippen LogP contribution in [0.5, 0.6) is 11.5 Å². The van der Waals surface area contributed by atoms with Crippen molar-refractivity contribution in [3.05, 3.63) is 36.0 Å². The smallest absolute Gasteiger partial charge is 0.387 e. The Balaban J connectivity index is 1.39. The quantitative estimate of drug-likeness (QED) is 0.375. The summed E-state index contributed by atoms with van der Waals surface area (Å²) in [7, 11) is 0. The van der Waals surface area contributed by atoms with E-state index in [1.807, 2.05) is 0 Å². The van der Waals surface area contributed by atoms with Gasteiger partial charge >= 0.3 is 6.61 Å². The van der Waals surface area contributed by atoms with Gasteiger partial charge in [-0.15, -0.1) is 0 Å². The van der Waals surface area contributed by atoms with E-state index in [4.69, 9.17) is 4.74 Å². The molecule has 2 aliphatic rings. The average molecular weight is 548 g/mol. The fourth-order valence-electron chi connectivity index (χ4n) is 4.61. The van der Waals surface area contributed by atoms with Gasteiger partial charge in [-0.3, -0.25) is 9.59 Å². The third-order valence-electron chi connectivity index (χ3n) is 6.88. The Kier molecular flexibility index (Phi) is 7.60. The third kappa shape index (κ3) is 5.92. The van der Waals surface area contributed by atoms with Crippen LogP contribution in [0.3, 0.4) is 0 Å². The Morgan fingerprint density at radius 3 is 2.59 bits per heavy atom. The number of aliphatic hydroxyl groups is 1. The van der Waals surface area contributed by atoms with Crippen molar-refractivity contribution in [2.24, 2.45) is 5.92 Å². The molecular formula is C26H28F3N5O5. The zero-order valence-electron chi connectivity index (χ0n) is 21.1. The van der Waals surface area contributed by atoms with Crippen LogP contribution in [0.15, 0.2) is 24.7 Å². The number of alkyl halides is 2. The number of piperidine rings is 1. The van der Waals surface area contributed by atoms with Crippen LogP contribution in [-0.4, -0.2) is 75.2 Å². The molecule has 2 amide bonds. The van der Waals surface area contributed by atoms with E-state index in [-0.39, 0.29) is 40.4 Å². The van der Waals surface area contributed by atoms with E-state index in [0.717, 1.165) is 25.0 Å². The molecule has 1 saturated heterocycles. The number of H-pyrrole nitrogens is 1. The first-order chi connectivity index (χ1) is 18.7. The summed E-state index contributed by atoms with van der Waals surface area (Å²) in [6.45, 7) is -0.625. The van der Waals surface area contributed by atoms with Gasteiger partial charge in [0.05, 0.1) is 17.7 Å². The lowest BCUT2D eigenvalue weighted by molar-refractivity contribution is -0.140. The molecule has 10 nitrogen and oxygen atoms in total. The van der Waals surface area contributed by atoms with Gasteiger partial charge in [-0.05, 0) is 44.6 Å². The highest BCUT2D eigenvalue weighted by Crippen LogP contribution is 2.39. The SMILES string of the molecule is C[C@H](O)C(=O)N1CCC(NC(=O)c2c[nH]c3c(-c4cc(F)c(OC(F)F)cc4OCC4CC4)ncnc23)CC1. The molecule has 0 radical (unpaired) electrons. The zero-order chi connectivity index (χ0) is 27.7. The lowest BCUT2D eigenvalue weighted by atomic mass is 10.0. The molecule has 208 valence electrons. The first kappa shape index (κ1) is 26.7. The van der Waals surface area contributed by atoms with Gasteiger partial charge in [0.15, 0.2) is 11.6 Å². The van der Waals surface area contributed by atoms with Crippen LogP contribution >= 0.6 is 0 Å². The molecule has 3 heterocycles. The number of benzene rings is 1. The minimum absolute atomic E-state index is 0.123. The topological polar surface area (TPSA) is 130 Å². The summed E-state index contributed by atoms with van der Waals surface area (Å²) < 4.78 is 50.5. The number of ether oxygens (including phenoxy) is 2. The lowest BCUT2D eigenvalue weighted by Crippen LogP contribution is -2.48. The second-order valence-electron chi connectivity index (χ2n) is 9.81. The monoisotopic (exact) mass is 547 g/mol. The number of amides is 2. The highest BCUT2D eigenvalue weighted by atomic mass is 19.3. The Bertz CT molecular complexity index is 1370. The Morgan fingerprint density at radius 1 is 1.18 bits per heavy atom. The molecule has 3 N–H and O–H groups in total. The highest BCUT2D eigenvalue weighted by Gasteiger charge is 2.28. The standard InChI is InChI=1S/C26H28F3N5O5/c1-13(35)25(37)34-6-4-15(5-7-34)33-24(36)17-10-30-23-21(31-12-32-22(17)23)16-8-18(27)20(39-26(28)29)9-19(16)38-11-14-2-3-14/h8-10,12-15,26,30,35H,2-7,11H2,1H3,(H,33,36)/t13-/m0/s1. The summed E-state index contributed by atoms with van der Waals surface area (Å²) >= 11 is 0. The number of likely N-dealkylation sites (tertiary alicyclic amines) is 1. The molecule has 3 aromatic rings. The number of rotatable bonds is 9. The number of hydrogen-bond acceptors (Lipinski definition) is 7. The van der Waals surface area contributed by atoms with Crippen LogP contribution in [0.4, 0.5) is 13.2 Å². The lowest BCUT2D eigenvalue weighted by Gasteiger charge is -2.33. The third-order valence-corrected chi connectivity index (χ3v) is 6.88. The Hall–Kier alpha value is -3.87. The van der Waals surface area contributed by atoms with Crippen molar-refractivity contribution in [1.82, 2.24) is 25.2 Å². The molecule has 1 atom stereocenters. The minimum Gasteiger partial charge on any atom is -0.492 e. The van der Waals surface area contributed by atoms with E-state index in [2.05, 4.69) is 25.0 Å². The fourth-order valence-corrected chi connectivity index (χ4v) is 4.61. The van der Waals surface area contributed by atoms with Crippen LogP contribution in [-0.2, 0) is 4.79 Å². The number of halogens is 3. The summed E-state index contributed by atoms with van der Waals surface area (Å²) in [4.78, 5) is 38.2. The normalized spacial score (nSPS) is 16.9. The number of nitrogens with one attached hydrogen (secondary N) is 2. The molecule has 2 aromatic heterocycles. The number of nitrogens with zero attached hydrogens (tertiary/aromatic N) is 3. The molecule has 0 spiro atoms. The first-order valence-corrected chi connectivity index (χ1v) is 12.7. The maximum Gasteiger partial charge on any atom is 0.387 e. The molecule has 1 aliphatic heterocycles. The first-order valence-electron chi connectivity index (χ1n) is 12.7. The number of fused-ring (bicyclic) bond motifs is 1. The second-order valence-corrected chi connectivity index (χ2v) is 9.81. The number of aliphatic hydroxyl groups excluding tert-OH is 1. The fraction of sp³-hybridized carbons (Fsp3) is 0.462. The number of hydrogen-bond donors (Lipinski definition) is 3. The van der Waals surface area contributed by atoms with Crippen molar-refractivity contribution in [3.63, 3.8) is 0 Å². The molecule has 2 fully saturated rings. The maximum atomic E-state index is 14.7. The van der Waals surface area contributed by atoms with Gasteiger partial charge < -0.3 is 29.8 Å². The Labute approximate surface area is 221 Å². The molecule has 0 unspecified atom stereocenters. The Morgan fingerprint density at radius 2 is 1.92 bits per heavy atom. The van der Waals surface area contributed by atoms with Gasteiger partial charge in [0.2, 0.25) is 0 Å². The van der Waals surface area contributed by atoms with Gasteiger partial charge in [-0.1, -0.05) is 0 Å². The summed E-state index contributed by atoms with van der Waals surface area (Å²) in [5.41, 5.74) is 1.32. The second kappa shape index (κ2) is 11.1. The van der Waals surface area contributed by atoms with Crippen molar-refractivity contribution in [3.8, 4) is 22.8 Å². The summed E-state index contributed by atoms with van der Waals surface area (Å²) in [6.07, 6.45) is 4.66. The summed E-state index contributed by atoms with van der Waals surface area (Å²) in [5, 5.41) is 12.5. The molecule has 0 bridgehead atoms. The van der Waals surface area contributed by atoms with Crippen molar-refractivity contribution in [2.75, 3.05) is 19.7 Å². The van der Waals surface area contributed by atoms with Crippen molar-refractivity contribution in [2.45, 2.75) is 51.4 Å². The minimum atomic E-state index is -3.21. The van der Waals surface area contributed by atoms with E-state index in [0.29, 0.717) is 49.5 Å². The van der Waals surface area contributed by atoms with Crippen LogP contribution < -0.4 is 14.8 Å². The van der Waals surface area contributed by atoms with Gasteiger partial charge in [-0.25, -0.2) is 14.4 Å². The number of carbonyl (C=O) groups excluding carboxylic acids is 2. The van der Waals surface area contributed by atoms with Crippen molar-refractivity contribution >= 4 is 22.8 Å². The molecule has 1 aromatic carbocycles. The van der Waals surface area contributed by atoms with E-state index in [9.17, 15) is 27.9 Å². The van der Waals surface area contributed by atoms with Crippen LogP contribution in [0.25, 0.3) is 22.3 Å². The molecule has 13 heteroatoms. The van der Waals surface area contributed by atoms with Gasteiger partial charge in [0, 0.05) is 37.0 Å². The molecule has 1 saturated carbocycles. The number of aromatic nitrogens is 3. The van der Waals surface area contributed by atoms with Gasteiger partial charge in [0.1, 0.15) is 29.4 Å². The van der Waals surface area contributed by atoms with Crippen LogP contribution in [0, 0.1) is 11.7 Å². The van der Waals surface area contributed by atoms with Gasteiger partial charge in [0.25, 0.3) is 11.8 Å². The average Bonchev–Trinajstić information content (AvgIpc) is 3.64. The molecule has 1 aliphatic carbocycles. The molecule has 5 rings (SSSR count). The predicted octanol–water partition coefficient (Wildman–Crippen LogP) is 3.26. The summed E-state index contributed by atoms with van der Waals surface area (Å²) in [6, 6.07) is 1.92. The zero-order valence-corrected chi connectivity index (χ0v) is 21.1.